The molecule has 0 amide bonds. The molecule has 5 heteroatoms. The zero-order valence-corrected chi connectivity index (χ0v) is 8.18. The predicted molar refractivity (Wildman–Crippen MR) is 58.4 cm³/mol. The van der Waals surface area contributed by atoms with Crippen LogP contribution < -0.4 is 11.5 Å². The third kappa shape index (κ3) is 2.13. The number of ether oxygens (including phenoxy) is 1. The average Bonchev–Trinajstić information content (AvgIpc) is 2.26. The molecule has 1 aliphatic rings. The summed E-state index contributed by atoms with van der Waals surface area (Å²) in [7, 11) is 0. The van der Waals surface area contributed by atoms with Crippen LogP contribution in [0.4, 0.5) is 0 Å². The van der Waals surface area contributed by atoms with Crippen LogP contribution in [-0.4, -0.2) is 18.3 Å². The summed E-state index contributed by atoms with van der Waals surface area (Å²) in [6.45, 7) is 1.05. The predicted octanol–water partition coefficient (Wildman–Crippen LogP) is 0.194. The van der Waals surface area contributed by atoms with Crippen LogP contribution in [0.15, 0.2) is 34.5 Å². The van der Waals surface area contributed by atoms with Gasteiger partial charge in [0.1, 0.15) is 0 Å². The molecule has 0 bridgehead atoms. The van der Waals surface area contributed by atoms with Gasteiger partial charge in [-0.3, -0.25) is 0 Å². The molecular weight excluding hydrogens is 192 g/mol. The van der Waals surface area contributed by atoms with Gasteiger partial charge in [0.15, 0.2) is 0 Å². The molecule has 5 nitrogen and oxygen atoms in total. The molecule has 4 N–H and O–H groups in total. The van der Waals surface area contributed by atoms with Crippen LogP contribution in [0.5, 0.6) is 0 Å². The van der Waals surface area contributed by atoms with E-state index in [9.17, 15) is 0 Å². The zero-order valence-electron chi connectivity index (χ0n) is 8.18. The average molecular weight is 204 g/mol. The minimum atomic E-state index is -0.0504. The van der Waals surface area contributed by atoms with E-state index >= 15 is 0 Å². The maximum Gasteiger partial charge on any atom is 0.211 e. The van der Waals surface area contributed by atoms with E-state index in [0.717, 1.165) is 16.8 Å². The second-order valence-electron chi connectivity index (χ2n) is 3.22. The molecule has 0 aromatic heterocycles. The molecule has 78 valence electrons. The SMILES string of the molecule is NC(N)=N/N=C1/COCc2ccccc21. The molecule has 1 aliphatic heterocycles. The summed E-state index contributed by atoms with van der Waals surface area (Å²) >= 11 is 0. The minimum absolute atomic E-state index is 0.0504. The molecular formula is C10H12N4O. The van der Waals surface area contributed by atoms with E-state index in [2.05, 4.69) is 10.2 Å². The Morgan fingerprint density at radius 3 is 2.80 bits per heavy atom. The first-order valence-corrected chi connectivity index (χ1v) is 4.59. The van der Waals surface area contributed by atoms with E-state index in [1.54, 1.807) is 0 Å². The quantitative estimate of drug-likeness (QED) is 0.389. The third-order valence-corrected chi connectivity index (χ3v) is 2.11. The number of rotatable bonds is 1. The van der Waals surface area contributed by atoms with E-state index in [1.165, 1.54) is 0 Å². The fourth-order valence-electron chi connectivity index (χ4n) is 1.46. The van der Waals surface area contributed by atoms with E-state index in [-0.39, 0.29) is 5.96 Å². The van der Waals surface area contributed by atoms with E-state index < -0.39 is 0 Å². The first-order valence-electron chi connectivity index (χ1n) is 4.59. The van der Waals surface area contributed by atoms with Crippen molar-refractivity contribution < 1.29 is 4.74 Å². The summed E-state index contributed by atoms with van der Waals surface area (Å²) in [5.74, 6) is -0.0504. The first kappa shape index (κ1) is 9.67. The van der Waals surface area contributed by atoms with Gasteiger partial charge in [-0.1, -0.05) is 24.3 Å². The fourth-order valence-corrected chi connectivity index (χ4v) is 1.46. The zero-order chi connectivity index (χ0) is 10.7. The van der Waals surface area contributed by atoms with Gasteiger partial charge in [0.25, 0.3) is 0 Å². The van der Waals surface area contributed by atoms with Gasteiger partial charge in [0, 0.05) is 5.56 Å². The number of benzene rings is 1. The summed E-state index contributed by atoms with van der Waals surface area (Å²) in [6, 6.07) is 7.90. The van der Waals surface area contributed by atoms with Crippen molar-refractivity contribution in [3.05, 3.63) is 35.4 Å². The maximum atomic E-state index is 5.36. The molecule has 0 radical (unpaired) electrons. The lowest BCUT2D eigenvalue weighted by Crippen LogP contribution is -2.23. The smallest absolute Gasteiger partial charge is 0.211 e. The molecule has 0 fully saturated rings. The molecule has 1 heterocycles. The van der Waals surface area contributed by atoms with Gasteiger partial charge < -0.3 is 16.2 Å². The molecule has 0 aliphatic carbocycles. The van der Waals surface area contributed by atoms with Crippen molar-refractivity contribution in [3.63, 3.8) is 0 Å². The van der Waals surface area contributed by atoms with Crippen LogP contribution in [0, 0.1) is 0 Å². The highest BCUT2D eigenvalue weighted by atomic mass is 16.5. The van der Waals surface area contributed by atoms with Crippen molar-refractivity contribution in [2.75, 3.05) is 6.61 Å². The van der Waals surface area contributed by atoms with Gasteiger partial charge in [0.05, 0.1) is 18.9 Å². The summed E-state index contributed by atoms with van der Waals surface area (Å²) in [5, 5.41) is 7.58. The van der Waals surface area contributed by atoms with Crippen LogP contribution in [0.3, 0.4) is 0 Å². The number of nitrogens with zero attached hydrogens (tertiary/aromatic N) is 2. The lowest BCUT2D eigenvalue weighted by atomic mass is 10.0. The Morgan fingerprint density at radius 2 is 2.00 bits per heavy atom. The van der Waals surface area contributed by atoms with Gasteiger partial charge in [-0.15, -0.1) is 10.2 Å². The van der Waals surface area contributed by atoms with Crippen molar-refractivity contribution in [1.29, 1.82) is 0 Å². The van der Waals surface area contributed by atoms with Crippen LogP contribution >= 0.6 is 0 Å². The lowest BCUT2D eigenvalue weighted by Gasteiger charge is -2.16. The molecule has 15 heavy (non-hydrogen) atoms. The van der Waals surface area contributed by atoms with Crippen LogP contribution in [0.2, 0.25) is 0 Å². The van der Waals surface area contributed by atoms with Gasteiger partial charge in [0.2, 0.25) is 5.96 Å². The molecule has 0 unspecified atom stereocenters. The first-order chi connectivity index (χ1) is 7.27. The Morgan fingerprint density at radius 1 is 1.20 bits per heavy atom. The maximum absolute atomic E-state index is 5.36. The number of nitrogens with two attached hydrogens (primary N) is 2. The Labute approximate surface area is 87.4 Å². The van der Waals surface area contributed by atoms with Crippen molar-refractivity contribution >= 4 is 11.7 Å². The molecule has 0 spiro atoms. The number of hydrogen-bond donors (Lipinski definition) is 2. The van der Waals surface area contributed by atoms with Crippen molar-refractivity contribution in [2.24, 2.45) is 21.7 Å². The minimum Gasteiger partial charge on any atom is -0.370 e. The number of hydrogen-bond acceptors (Lipinski definition) is 3. The lowest BCUT2D eigenvalue weighted by molar-refractivity contribution is 0.152. The van der Waals surface area contributed by atoms with E-state index in [4.69, 9.17) is 16.2 Å². The summed E-state index contributed by atoms with van der Waals surface area (Å²) in [5.41, 5.74) is 13.3. The molecule has 2 rings (SSSR count). The highest BCUT2D eigenvalue weighted by Crippen LogP contribution is 2.16. The monoisotopic (exact) mass is 204 g/mol. The second kappa shape index (κ2) is 4.10. The molecule has 0 atom stereocenters. The van der Waals surface area contributed by atoms with E-state index in [0.29, 0.717) is 13.2 Å². The van der Waals surface area contributed by atoms with Gasteiger partial charge in [-0.2, -0.15) is 0 Å². The molecule has 1 aromatic rings. The van der Waals surface area contributed by atoms with Crippen molar-refractivity contribution in [1.82, 2.24) is 0 Å². The Bertz CT molecular complexity index is 421. The summed E-state index contributed by atoms with van der Waals surface area (Å²) in [4.78, 5) is 0. The molecule has 0 saturated heterocycles. The summed E-state index contributed by atoms with van der Waals surface area (Å²) < 4.78 is 5.36. The van der Waals surface area contributed by atoms with Crippen LogP contribution in [0.25, 0.3) is 0 Å². The van der Waals surface area contributed by atoms with Gasteiger partial charge in [-0.05, 0) is 5.56 Å². The Balaban J connectivity index is 2.38. The second-order valence-corrected chi connectivity index (χ2v) is 3.22. The Kier molecular flexibility index (Phi) is 2.64. The third-order valence-electron chi connectivity index (χ3n) is 2.11. The van der Waals surface area contributed by atoms with Crippen LogP contribution in [0.1, 0.15) is 11.1 Å². The largest absolute Gasteiger partial charge is 0.370 e. The van der Waals surface area contributed by atoms with Crippen molar-refractivity contribution in [3.8, 4) is 0 Å². The van der Waals surface area contributed by atoms with Crippen molar-refractivity contribution in [2.45, 2.75) is 6.61 Å². The molecule has 0 saturated carbocycles. The molecule has 1 aromatic carbocycles. The number of fused-ring (bicyclic) bond motifs is 1. The van der Waals surface area contributed by atoms with E-state index in [1.807, 2.05) is 24.3 Å². The Hall–Kier alpha value is -1.88. The highest BCUT2D eigenvalue weighted by Gasteiger charge is 2.14. The van der Waals surface area contributed by atoms with Gasteiger partial charge in [-0.25, -0.2) is 0 Å². The topological polar surface area (TPSA) is 86.0 Å². The fraction of sp³-hybridized carbons (Fsp3) is 0.200. The highest BCUT2D eigenvalue weighted by molar-refractivity contribution is 6.03. The van der Waals surface area contributed by atoms with Crippen LogP contribution in [-0.2, 0) is 11.3 Å². The standard InChI is InChI=1S/C10H12N4O/c11-10(12)14-13-9-6-15-5-7-3-1-2-4-8(7)9/h1-4H,5-6H2,(H4,11,12,14)/b13-9-. The van der Waals surface area contributed by atoms with Gasteiger partial charge >= 0.3 is 0 Å². The number of guanidine groups is 1. The summed E-state index contributed by atoms with van der Waals surface area (Å²) in [6.07, 6.45) is 0. The normalized spacial score (nSPS) is 17.2.